The number of anilines is 1. The molecule has 0 saturated carbocycles. The fourth-order valence-electron chi connectivity index (χ4n) is 3.01. The smallest absolute Gasteiger partial charge is 0.319 e. The summed E-state index contributed by atoms with van der Waals surface area (Å²) in [6, 6.07) is 4.93. The van der Waals surface area contributed by atoms with Crippen LogP contribution >= 0.6 is 0 Å². The largest absolute Gasteiger partial charge is 0.486 e. The van der Waals surface area contributed by atoms with Crippen molar-refractivity contribution in [3.8, 4) is 11.5 Å². The molecular weight excluding hydrogens is 310 g/mol. The van der Waals surface area contributed by atoms with E-state index in [-0.39, 0.29) is 12.6 Å². The van der Waals surface area contributed by atoms with E-state index in [9.17, 15) is 9.90 Å². The van der Waals surface area contributed by atoms with Crippen molar-refractivity contribution < 1.29 is 19.4 Å². The number of piperidine rings is 1. The summed E-state index contributed by atoms with van der Waals surface area (Å²) in [6.45, 7) is 3.93. The summed E-state index contributed by atoms with van der Waals surface area (Å²) < 4.78 is 10.9. The van der Waals surface area contributed by atoms with Crippen LogP contribution in [0.5, 0.6) is 11.5 Å². The van der Waals surface area contributed by atoms with E-state index in [4.69, 9.17) is 9.47 Å². The van der Waals surface area contributed by atoms with Gasteiger partial charge in [-0.25, -0.2) is 4.79 Å². The first-order valence-electron chi connectivity index (χ1n) is 8.55. The van der Waals surface area contributed by atoms with Gasteiger partial charge in [-0.15, -0.1) is 0 Å². The molecule has 2 aliphatic rings. The van der Waals surface area contributed by atoms with Crippen LogP contribution < -0.4 is 20.1 Å². The Morgan fingerprint density at radius 1 is 1.17 bits per heavy atom. The highest BCUT2D eigenvalue weighted by atomic mass is 16.6. The van der Waals surface area contributed by atoms with E-state index in [1.807, 2.05) is 0 Å². The lowest BCUT2D eigenvalue weighted by molar-refractivity contribution is 0.102. The zero-order valence-electron chi connectivity index (χ0n) is 13.8. The molecule has 0 bridgehead atoms. The molecule has 24 heavy (non-hydrogen) atoms. The number of hydrogen-bond donors (Lipinski definition) is 3. The molecule has 7 heteroatoms. The molecule has 0 spiro atoms. The molecule has 3 N–H and O–H groups in total. The maximum Gasteiger partial charge on any atom is 0.319 e. The second kappa shape index (κ2) is 8.21. The highest BCUT2D eigenvalue weighted by molar-refractivity contribution is 5.89. The highest BCUT2D eigenvalue weighted by Crippen LogP contribution is 2.32. The Hall–Kier alpha value is -1.99. The summed E-state index contributed by atoms with van der Waals surface area (Å²) in [7, 11) is 0. The lowest BCUT2D eigenvalue weighted by Crippen LogP contribution is -2.42. The van der Waals surface area contributed by atoms with Crippen LogP contribution in [0, 0.1) is 0 Å². The summed E-state index contributed by atoms with van der Waals surface area (Å²) in [4.78, 5) is 14.2. The quantitative estimate of drug-likeness (QED) is 0.758. The molecule has 2 heterocycles. The third kappa shape index (κ3) is 4.75. The normalized spacial score (nSPS) is 18.7. The Morgan fingerprint density at radius 2 is 1.92 bits per heavy atom. The monoisotopic (exact) mass is 335 g/mol. The van der Waals surface area contributed by atoms with E-state index in [1.54, 1.807) is 18.2 Å². The molecule has 1 unspecified atom stereocenters. The average molecular weight is 335 g/mol. The standard InChI is InChI=1S/C17H25N3O4/c21-14(12-20-6-2-1-3-7-20)11-18-17(22)19-13-4-5-15-16(10-13)24-9-8-23-15/h4-5,10,14,21H,1-3,6-9,11-12H2,(H2,18,19,22). The van der Waals surface area contributed by atoms with Gasteiger partial charge in [0.1, 0.15) is 13.2 Å². The molecule has 1 aromatic carbocycles. The molecule has 1 saturated heterocycles. The van der Waals surface area contributed by atoms with Gasteiger partial charge in [0.15, 0.2) is 11.5 Å². The third-order valence-corrected chi connectivity index (χ3v) is 4.22. The van der Waals surface area contributed by atoms with Gasteiger partial charge in [-0.1, -0.05) is 6.42 Å². The number of rotatable bonds is 5. The number of ether oxygens (including phenoxy) is 2. The molecule has 1 fully saturated rings. The molecule has 3 rings (SSSR count). The van der Waals surface area contributed by atoms with E-state index in [0.717, 1.165) is 13.1 Å². The molecule has 0 radical (unpaired) electrons. The average Bonchev–Trinajstić information content (AvgIpc) is 2.61. The molecule has 0 aliphatic carbocycles. The Morgan fingerprint density at radius 3 is 2.71 bits per heavy atom. The Bertz CT molecular complexity index is 561. The van der Waals surface area contributed by atoms with Gasteiger partial charge in [0.2, 0.25) is 0 Å². The number of β-amino-alcohol motifs (C(OH)–C–C–N with tert-alkyl or cyclic N) is 1. The van der Waals surface area contributed by atoms with Crippen molar-refractivity contribution in [1.29, 1.82) is 0 Å². The zero-order valence-corrected chi connectivity index (χ0v) is 13.8. The van der Waals surface area contributed by atoms with Crippen molar-refractivity contribution in [2.45, 2.75) is 25.4 Å². The molecule has 7 nitrogen and oxygen atoms in total. The van der Waals surface area contributed by atoms with Gasteiger partial charge in [-0.2, -0.15) is 0 Å². The fraction of sp³-hybridized carbons (Fsp3) is 0.588. The Labute approximate surface area is 141 Å². The molecule has 1 atom stereocenters. The van der Waals surface area contributed by atoms with Gasteiger partial charge in [0.05, 0.1) is 6.10 Å². The number of nitrogens with zero attached hydrogens (tertiary/aromatic N) is 1. The molecular formula is C17H25N3O4. The molecule has 1 aromatic rings. The Balaban J connectivity index is 1.42. The summed E-state index contributed by atoms with van der Waals surface area (Å²) in [5, 5.41) is 15.5. The number of carbonyl (C=O) groups is 1. The summed E-state index contributed by atoms with van der Waals surface area (Å²) >= 11 is 0. The lowest BCUT2D eigenvalue weighted by Gasteiger charge is -2.28. The number of benzene rings is 1. The SMILES string of the molecule is O=C(NCC(O)CN1CCCCC1)Nc1ccc2c(c1)OCCO2. The Kier molecular flexibility index (Phi) is 5.77. The van der Waals surface area contributed by atoms with Crippen LogP contribution in [0.25, 0.3) is 0 Å². The first kappa shape index (κ1) is 16.9. The van der Waals surface area contributed by atoms with E-state index in [0.29, 0.717) is 36.9 Å². The number of nitrogens with one attached hydrogen (secondary N) is 2. The van der Waals surface area contributed by atoms with Gasteiger partial charge in [0.25, 0.3) is 0 Å². The van der Waals surface area contributed by atoms with Crippen LogP contribution in [-0.2, 0) is 0 Å². The highest BCUT2D eigenvalue weighted by Gasteiger charge is 2.16. The second-order valence-corrected chi connectivity index (χ2v) is 6.21. The molecule has 2 aliphatic heterocycles. The predicted molar refractivity (Wildman–Crippen MR) is 90.8 cm³/mol. The third-order valence-electron chi connectivity index (χ3n) is 4.22. The number of aliphatic hydroxyl groups is 1. The van der Waals surface area contributed by atoms with Gasteiger partial charge >= 0.3 is 6.03 Å². The summed E-state index contributed by atoms with van der Waals surface area (Å²) in [5.41, 5.74) is 0.627. The van der Waals surface area contributed by atoms with Crippen molar-refractivity contribution in [1.82, 2.24) is 10.2 Å². The van der Waals surface area contributed by atoms with Crippen molar-refractivity contribution >= 4 is 11.7 Å². The lowest BCUT2D eigenvalue weighted by atomic mass is 10.1. The van der Waals surface area contributed by atoms with Gasteiger partial charge in [-0.3, -0.25) is 0 Å². The number of carbonyl (C=O) groups excluding carboxylic acids is 1. The van der Waals surface area contributed by atoms with Crippen LogP contribution in [0.2, 0.25) is 0 Å². The van der Waals surface area contributed by atoms with Gasteiger partial charge in [0, 0.05) is 24.8 Å². The zero-order chi connectivity index (χ0) is 16.8. The fourth-order valence-corrected chi connectivity index (χ4v) is 3.01. The van der Waals surface area contributed by atoms with Crippen molar-refractivity contribution in [2.24, 2.45) is 0 Å². The minimum absolute atomic E-state index is 0.229. The molecule has 2 amide bonds. The van der Waals surface area contributed by atoms with Gasteiger partial charge < -0.3 is 30.1 Å². The van der Waals surface area contributed by atoms with Gasteiger partial charge in [-0.05, 0) is 38.1 Å². The minimum Gasteiger partial charge on any atom is -0.486 e. The van der Waals surface area contributed by atoms with E-state index < -0.39 is 6.10 Å². The van der Waals surface area contributed by atoms with E-state index >= 15 is 0 Å². The maximum absolute atomic E-state index is 12.0. The van der Waals surface area contributed by atoms with Crippen LogP contribution in [-0.4, -0.2) is 61.5 Å². The first-order chi connectivity index (χ1) is 11.7. The number of hydrogen-bond acceptors (Lipinski definition) is 5. The number of fused-ring (bicyclic) bond motifs is 1. The molecule has 132 valence electrons. The van der Waals surface area contributed by atoms with Crippen LogP contribution in [0.15, 0.2) is 18.2 Å². The summed E-state index contributed by atoms with van der Waals surface area (Å²) in [5.74, 6) is 1.31. The number of aliphatic hydroxyl groups excluding tert-OH is 1. The van der Waals surface area contributed by atoms with E-state index in [2.05, 4.69) is 15.5 Å². The van der Waals surface area contributed by atoms with Crippen molar-refractivity contribution in [3.05, 3.63) is 18.2 Å². The number of amides is 2. The topological polar surface area (TPSA) is 83.1 Å². The van der Waals surface area contributed by atoms with E-state index in [1.165, 1.54) is 19.3 Å². The summed E-state index contributed by atoms with van der Waals surface area (Å²) in [6.07, 6.45) is 3.08. The van der Waals surface area contributed by atoms with Crippen molar-refractivity contribution in [3.63, 3.8) is 0 Å². The maximum atomic E-state index is 12.0. The first-order valence-corrected chi connectivity index (χ1v) is 8.55. The van der Waals surface area contributed by atoms with Crippen LogP contribution in [0.3, 0.4) is 0 Å². The van der Waals surface area contributed by atoms with Crippen LogP contribution in [0.1, 0.15) is 19.3 Å². The molecule has 0 aromatic heterocycles. The number of urea groups is 1. The number of likely N-dealkylation sites (tertiary alicyclic amines) is 1. The minimum atomic E-state index is -0.561. The second-order valence-electron chi connectivity index (χ2n) is 6.21. The predicted octanol–water partition coefficient (Wildman–Crippen LogP) is 1.43. The van der Waals surface area contributed by atoms with Crippen molar-refractivity contribution in [2.75, 3.05) is 44.7 Å². The van der Waals surface area contributed by atoms with Crippen LogP contribution in [0.4, 0.5) is 10.5 Å².